The first kappa shape index (κ1) is 37.6. The lowest BCUT2D eigenvalue weighted by Crippen LogP contribution is -2.72. The Morgan fingerprint density at radius 1 is 1.02 bits per heavy atom. The SMILES string of the molecule is CC(C)=CCCC1(C)C=Cc2c(O)c3c(c(CC=C(C)C)c2O1)OC12C(=CC4CC1C(C)(C)OC2(C/C=C(/C)C(=O)N(C)Cc1ccccn1)C4=O)C3=O. The second-order valence-electron chi connectivity index (χ2n) is 16.9. The van der Waals surface area contributed by atoms with Crippen molar-refractivity contribution in [3.05, 3.63) is 99.5 Å². The molecule has 8 rings (SSSR count). The summed E-state index contributed by atoms with van der Waals surface area (Å²) in [4.78, 5) is 49.3. The third-order valence-corrected chi connectivity index (χ3v) is 12.0. The number of nitrogens with zero attached hydrogens (tertiary/aromatic N) is 2. The number of Topliss-reactive ketones (excluding diaryl/α,β-unsaturated/α-hetero) is 2. The minimum Gasteiger partial charge on any atom is -0.506 e. The zero-order valence-corrected chi connectivity index (χ0v) is 33.0. The van der Waals surface area contributed by atoms with Gasteiger partial charge in [0, 0.05) is 48.2 Å². The van der Waals surface area contributed by atoms with E-state index in [1.54, 1.807) is 37.2 Å². The molecule has 4 bridgehead atoms. The van der Waals surface area contributed by atoms with Gasteiger partial charge in [0.25, 0.3) is 0 Å². The number of benzene rings is 1. The molecule has 9 nitrogen and oxygen atoms in total. The number of carbonyl (C=O) groups is 3. The molecular formula is C45H52N2O7. The summed E-state index contributed by atoms with van der Waals surface area (Å²) in [6.45, 7) is 16.1. The van der Waals surface area contributed by atoms with Crippen LogP contribution in [0.3, 0.4) is 0 Å². The highest BCUT2D eigenvalue weighted by molar-refractivity contribution is 6.19. The van der Waals surface area contributed by atoms with E-state index in [2.05, 4.69) is 31.0 Å². The van der Waals surface area contributed by atoms with Gasteiger partial charge in [-0.15, -0.1) is 0 Å². The molecule has 6 aliphatic rings. The van der Waals surface area contributed by atoms with E-state index >= 15 is 4.79 Å². The van der Waals surface area contributed by atoms with Crippen LogP contribution < -0.4 is 9.47 Å². The van der Waals surface area contributed by atoms with Crippen LogP contribution in [0.15, 0.2) is 77.1 Å². The van der Waals surface area contributed by atoms with Crippen molar-refractivity contribution in [3.63, 3.8) is 0 Å². The average molecular weight is 733 g/mol. The van der Waals surface area contributed by atoms with Crippen LogP contribution in [-0.4, -0.2) is 61.9 Å². The first-order valence-corrected chi connectivity index (χ1v) is 19.0. The highest BCUT2D eigenvalue weighted by atomic mass is 16.6. The third-order valence-electron chi connectivity index (χ3n) is 12.0. The molecule has 1 aromatic carbocycles. The molecule has 1 saturated carbocycles. The molecule has 5 atom stereocenters. The molecule has 2 aromatic rings. The molecule has 284 valence electrons. The standard InChI is InChI=1S/C45H52N2O7/c1-26(2)13-12-19-43(8)20-18-31-36(48)35-37(49)33-23-29-24-34-42(6,7)54-44(40(29)50,21-17-28(5)41(51)47(9)25-30-14-10-11-22-46-30)45(33,34)53-39(35)32(38(31)52-43)16-15-27(3)4/h10-11,13-15,17-18,20,22-23,29,34,48H,12,16,19,21,24-25H2,1-9H3/b28-17-. The Labute approximate surface area is 318 Å². The fourth-order valence-electron chi connectivity index (χ4n) is 9.28. The van der Waals surface area contributed by atoms with Crippen LogP contribution in [0.5, 0.6) is 17.2 Å². The van der Waals surface area contributed by atoms with E-state index in [-0.39, 0.29) is 46.9 Å². The molecule has 3 aliphatic heterocycles. The van der Waals surface area contributed by atoms with E-state index in [1.807, 2.05) is 65.0 Å². The van der Waals surface area contributed by atoms with Gasteiger partial charge in [0.05, 0.1) is 23.4 Å². The van der Waals surface area contributed by atoms with Crippen molar-refractivity contribution in [1.29, 1.82) is 0 Å². The van der Waals surface area contributed by atoms with Gasteiger partial charge in [-0.25, -0.2) is 0 Å². The van der Waals surface area contributed by atoms with Crippen LogP contribution in [-0.2, 0) is 27.3 Å². The van der Waals surface area contributed by atoms with E-state index in [9.17, 15) is 14.7 Å². The molecule has 1 saturated heterocycles. The number of phenols is 1. The number of aromatic nitrogens is 1. The fourth-order valence-corrected chi connectivity index (χ4v) is 9.28. The number of hydrogen-bond donors (Lipinski definition) is 1. The first-order valence-electron chi connectivity index (χ1n) is 19.0. The Kier molecular flexibility index (Phi) is 9.19. The summed E-state index contributed by atoms with van der Waals surface area (Å²) in [6, 6.07) is 5.57. The van der Waals surface area contributed by atoms with E-state index in [0.717, 1.165) is 17.7 Å². The van der Waals surface area contributed by atoms with Crippen LogP contribution in [0.4, 0.5) is 0 Å². The van der Waals surface area contributed by atoms with Crippen LogP contribution in [0.2, 0.25) is 0 Å². The largest absolute Gasteiger partial charge is 0.506 e. The van der Waals surface area contributed by atoms with Gasteiger partial charge in [-0.1, -0.05) is 41.5 Å². The van der Waals surface area contributed by atoms with Crippen molar-refractivity contribution in [2.24, 2.45) is 11.8 Å². The lowest BCUT2D eigenvalue weighted by atomic mass is 9.51. The molecule has 3 aliphatic carbocycles. The number of likely N-dealkylation sites (N-methyl/N-ethyl adjacent to an activating group) is 1. The maximum Gasteiger partial charge on any atom is 0.249 e. The number of aromatic hydroxyl groups is 1. The zero-order chi connectivity index (χ0) is 39.0. The summed E-state index contributed by atoms with van der Waals surface area (Å²) < 4.78 is 21.1. The van der Waals surface area contributed by atoms with Gasteiger partial charge in [-0.05, 0) is 105 Å². The van der Waals surface area contributed by atoms with E-state index in [4.69, 9.17) is 14.2 Å². The van der Waals surface area contributed by atoms with Crippen molar-refractivity contribution in [2.45, 2.75) is 116 Å². The first-order chi connectivity index (χ1) is 25.4. The van der Waals surface area contributed by atoms with Crippen molar-refractivity contribution < 1.29 is 33.7 Å². The Balaban J connectivity index is 1.35. The van der Waals surface area contributed by atoms with Crippen LogP contribution >= 0.6 is 0 Å². The van der Waals surface area contributed by atoms with Gasteiger partial charge >= 0.3 is 0 Å². The lowest BCUT2D eigenvalue weighted by Gasteiger charge is -2.56. The predicted octanol–water partition coefficient (Wildman–Crippen LogP) is 8.21. The van der Waals surface area contributed by atoms with Crippen LogP contribution in [0.1, 0.15) is 108 Å². The summed E-state index contributed by atoms with van der Waals surface area (Å²) in [5.41, 5.74) is 0.356. The maximum absolute atomic E-state index is 15.0. The molecular weight excluding hydrogens is 681 g/mol. The quantitative estimate of drug-likeness (QED) is 0.192. The third kappa shape index (κ3) is 5.78. The fraction of sp³-hybridized carbons (Fsp3) is 0.467. The monoisotopic (exact) mass is 732 g/mol. The number of ketones is 2. The topological polar surface area (TPSA) is 115 Å². The minimum atomic E-state index is -1.60. The molecule has 1 N–H and O–H groups in total. The average Bonchev–Trinajstić information content (AvgIpc) is 3.27. The van der Waals surface area contributed by atoms with Crippen molar-refractivity contribution in [2.75, 3.05) is 7.05 Å². The second kappa shape index (κ2) is 13.2. The normalized spacial score (nSPS) is 28.2. The molecule has 5 unspecified atom stereocenters. The highest BCUT2D eigenvalue weighted by Gasteiger charge is 2.81. The molecule has 1 aromatic heterocycles. The smallest absolute Gasteiger partial charge is 0.249 e. The van der Waals surface area contributed by atoms with E-state index < -0.39 is 28.3 Å². The number of pyridine rings is 1. The van der Waals surface area contributed by atoms with Crippen molar-refractivity contribution in [3.8, 4) is 17.2 Å². The number of phenolic OH excluding ortho intramolecular Hbond substituents is 1. The second-order valence-corrected chi connectivity index (χ2v) is 16.9. The molecule has 9 heteroatoms. The van der Waals surface area contributed by atoms with E-state index in [0.29, 0.717) is 53.8 Å². The molecule has 0 radical (unpaired) electrons. The number of hydrogen-bond acceptors (Lipinski definition) is 8. The summed E-state index contributed by atoms with van der Waals surface area (Å²) >= 11 is 0. The summed E-state index contributed by atoms with van der Waals surface area (Å²) in [6.07, 6.45) is 15.6. The summed E-state index contributed by atoms with van der Waals surface area (Å²) in [7, 11) is 1.72. The van der Waals surface area contributed by atoms with Crippen LogP contribution in [0.25, 0.3) is 6.08 Å². The molecule has 1 amide bonds. The maximum atomic E-state index is 15.0. The van der Waals surface area contributed by atoms with Crippen molar-refractivity contribution in [1.82, 2.24) is 9.88 Å². The van der Waals surface area contributed by atoms with Gasteiger partial charge in [0.15, 0.2) is 22.8 Å². The number of ether oxygens (including phenoxy) is 3. The highest BCUT2D eigenvalue weighted by Crippen LogP contribution is 2.68. The van der Waals surface area contributed by atoms with Crippen LogP contribution in [0, 0.1) is 11.8 Å². The number of amides is 1. The predicted molar refractivity (Wildman–Crippen MR) is 207 cm³/mol. The molecule has 4 heterocycles. The van der Waals surface area contributed by atoms with Crippen molar-refractivity contribution >= 4 is 23.5 Å². The lowest BCUT2D eigenvalue weighted by molar-refractivity contribution is -0.171. The Morgan fingerprint density at radius 3 is 2.44 bits per heavy atom. The molecule has 2 fully saturated rings. The Bertz CT molecular complexity index is 2100. The number of fused-ring (bicyclic) bond motifs is 2. The van der Waals surface area contributed by atoms with E-state index in [1.165, 1.54) is 5.57 Å². The number of rotatable bonds is 10. The minimum absolute atomic E-state index is 0.0269. The Hall–Kier alpha value is -4.76. The van der Waals surface area contributed by atoms with Gasteiger partial charge < -0.3 is 24.2 Å². The summed E-state index contributed by atoms with van der Waals surface area (Å²) in [5.74, 6) is -1.20. The zero-order valence-electron chi connectivity index (χ0n) is 33.0. The van der Waals surface area contributed by atoms with Gasteiger partial charge in [-0.2, -0.15) is 0 Å². The van der Waals surface area contributed by atoms with Gasteiger partial charge in [0.1, 0.15) is 28.4 Å². The molecule has 54 heavy (non-hydrogen) atoms. The summed E-state index contributed by atoms with van der Waals surface area (Å²) in [5, 5.41) is 12.0. The Morgan fingerprint density at radius 2 is 1.76 bits per heavy atom. The van der Waals surface area contributed by atoms with Gasteiger partial charge in [-0.3, -0.25) is 19.4 Å². The van der Waals surface area contributed by atoms with Gasteiger partial charge in [0.2, 0.25) is 5.91 Å². The number of carbonyl (C=O) groups excluding carboxylic acids is 3. The number of allylic oxidation sites excluding steroid dienone is 5. The molecule has 1 spiro atoms.